The summed E-state index contributed by atoms with van der Waals surface area (Å²) < 4.78 is 13.3. The van der Waals surface area contributed by atoms with E-state index in [1.54, 1.807) is 0 Å². The highest BCUT2D eigenvalue weighted by atomic mass is 79.9. The minimum Gasteiger partial charge on any atom is -0.352 e. The smallest absolute Gasteiger partial charge is 0.252 e. The molecule has 2 nitrogen and oxygen atoms in total. The maximum absolute atomic E-state index is 12.9. The van der Waals surface area contributed by atoms with E-state index < -0.39 is 0 Å². The van der Waals surface area contributed by atoms with Gasteiger partial charge in [0.1, 0.15) is 5.82 Å². The number of hydrogen-bond donors (Lipinski definition) is 1. The monoisotopic (exact) mass is 335 g/mol. The van der Waals surface area contributed by atoms with E-state index in [4.69, 9.17) is 11.6 Å². The number of unbranched alkanes of at least 4 members (excludes halogenated alkanes) is 3. The van der Waals surface area contributed by atoms with Crippen LogP contribution in [-0.2, 0) is 0 Å². The largest absolute Gasteiger partial charge is 0.352 e. The Morgan fingerprint density at radius 3 is 2.67 bits per heavy atom. The average Bonchev–Trinajstić information content (AvgIpc) is 2.33. The summed E-state index contributed by atoms with van der Waals surface area (Å²) in [5.41, 5.74) is 0.456. The van der Waals surface area contributed by atoms with E-state index in [1.807, 2.05) is 0 Å². The molecular formula is C13H16BrClFNO. The van der Waals surface area contributed by atoms with Crippen LogP contribution < -0.4 is 5.32 Å². The number of carbonyl (C=O) groups excluding carboxylic acids is 1. The molecule has 1 rings (SSSR count). The van der Waals surface area contributed by atoms with Gasteiger partial charge in [-0.3, -0.25) is 4.79 Å². The molecule has 0 aromatic heterocycles. The van der Waals surface area contributed by atoms with Crippen molar-refractivity contribution in [3.63, 3.8) is 0 Å². The van der Waals surface area contributed by atoms with E-state index in [0.717, 1.165) is 25.7 Å². The molecule has 5 heteroatoms. The molecule has 0 spiro atoms. The van der Waals surface area contributed by atoms with Gasteiger partial charge in [0.15, 0.2) is 0 Å². The molecule has 0 fully saturated rings. The Labute approximate surface area is 120 Å². The normalized spacial score (nSPS) is 10.4. The van der Waals surface area contributed by atoms with E-state index in [2.05, 4.69) is 21.2 Å². The SMILES string of the molecule is O=C(NCCCCCCCl)c1ccc(F)cc1Br. The molecule has 0 atom stereocenters. The fourth-order valence-electron chi connectivity index (χ4n) is 1.54. The average molecular weight is 337 g/mol. The van der Waals surface area contributed by atoms with Gasteiger partial charge in [-0.1, -0.05) is 12.8 Å². The first-order valence-electron chi connectivity index (χ1n) is 5.94. The molecule has 100 valence electrons. The number of hydrogen-bond acceptors (Lipinski definition) is 1. The molecular weight excluding hydrogens is 321 g/mol. The van der Waals surface area contributed by atoms with Crippen molar-refractivity contribution in [2.45, 2.75) is 25.7 Å². The van der Waals surface area contributed by atoms with Gasteiger partial charge in [-0.05, 0) is 47.0 Å². The molecule has 0 radical (unpaired) electrons. The lowest BCUT2D eigenvalue weighted by Gasteiger charge is -2.06. The second-order valence-electron chi connectivity index (χ2n) is 3.98. The van der Waals surface area contributed by atoms with Crippen molar-refractivity contribution in [1.29, 1.82) is 0 Å². The van der Waals surface area contributed by atoms with Crippen LogP contribution in [0.1, 0.15) is 36.0 Å². The Balaban J connectivity index is 2.32. The first-order chi connectivity index (χ1) is 8.65. The van der Waals surface area contributed by atoms with Gasteiger partial charge in [0, 0.05) is 16.9 Å². The molecule has 0 saturated carbocycles. The van der Waals surface area contributed by atoms with E-state index >= 15 is 0 Å². The zero-order chi connectivity index (χ0) is 13.4. The van der Waals surface area contributed by atoms with Crippen LogP contribution in [0.2, 0.25) is 0 Å². The lowest BCUT2D eigenvalue weighted by atomic mass is 10.2. The van der Waals surface area contributed by atoms with Crippen molar-refractivity contribution in [3.8, 4) is 0 Å². The van der Waals surface area contributed by atoms with Crippen molar-refractivity contribution in [3.05, 3.63) is 34.1 Å². The van der Waals surface area contributed by atoms with E-state index in [0.29, 0.717) is 22.5 Å². The van der Waals surface area contributed by atoms with E-state index in [9.17, 15) is 9.18 Å². The second kappa shape index (κ2) is 8.48. The van der Waals surface area contributed by atoms with Gasteiger partial charge in [0.2, 0.25) is 0 Å². The van der Waals surface area contributed by atoms with E-state index in [1.165, 1.54) is 18.2 Å². The summed E-state index contributed by atoms with van der Waals surface area (Å²) in [4.78, 5) is 11.8. The molecule has 0 aliphatic rings. The third kappa shape index (κ3) is 5.36. The van der Waals surface area contributed by atoms with Crippen LogP contribution in [0.15, 0.2) is 22.7 Å². The number of benzene rings is 1. The second-order valence-corrected chi connectivity index (χ2v) is 5.22. The fraction of sp³-hybridized carbons (Fsp3) is 0.462. The van der Waals surface area contributed by atoms with Gasteiger partial charge in [-0.15, -0.1) is 11.6 Å². The van der Waals surface area contributed by atoms with Crippen LogP contribution in [0.25, 0.3) is 0 Å². The molecule has 0 heterocycles. The Kier molecular flexibility index (Phi) is 7.28. The number of carbonyl (C=O) groups is 1. The molecule has 1 aromatic carbocycles. The van der Waals surface area contributed by atoms with Crippen LogP contribution in [0.3, 0.4) is 0 Å². The van der Waals surface area contributed by atoms with Crippen LogP contribution in [0.5, 0.6) is 0 Å². The maximum Gasteiger partial charge on any atom is 0.252 e. The standard InChI is InChI=1S/C13H16BrClFNO/c14-12-9-10(16)5-6-11(12)13(18)17-8-4-2-1-3-7-15/h5-6,9H,1-4,7-8H2,(H,17,18). The fourth-order valence-corrected chi connectivity index (χ4v) is 2.26. The molecule has 1 N–H and O–H groups in total. The third-order valence-electron chi connectivity index (χ3n) is 2.52. The molecule has 1 amide bonds. The van der Waals surface area contributed by atoms with E-state index in [-0.39, 0.29) is 11.7 Å². The Morgan fingerprint density at radius 2 is 2.00 bits per heavy atom. The van der Waals surface area contributed by atoms with Crippen molar-refractivity contribution >= 4 is 33.4 Å². The molecule has 0 aliphatic carbocycles. The number of halogens is 3. The summed E-state index contributed by atoms with van der Waals surface area (Å²) in [7, 11) is 0. The zero-order valence-corrected chi connectivity index (χ0v) is 12.4. The molecule has 0 unspecified atom stereocenters. The summed E-state index contributed by atoms with van der Waals surface area (Å²) in [5, 5.41) is 2.81. The molecule has 1 aromatic rings. The Bertz CT molecular complexity index is 401. The predicted octanol–water partition coefficient (Wildman–Crippen LogP) is 4.12. The molecule has 0 saturated heterocycles. The topological polar surface area (TPSA) is 29.1 Å². The van der Waals surface area contributed by atoms with Gasteiger partial charge >= 0.3 is 0 Å². The highest BCUT2D eigenvalue weighted by Crippen LogP contribution is 2.17. The van der Waals surface area contributed by atoms with Crippen LogP contribution in [-0.4, -0.2) is 18.3 Å². The van der Waals surface area contributed by atoms with Gasteiger partial charge in [0.25, 0.3) is 5.91 Å². The van der Waals surface area contributed by atoms with Crippen LogP contribution >= 0.6 is 27.5 Å². The van der Waals surface area contributed by atoms with Crippen LogP contribution in [0.4, 0.5) is 4.39 Å². The van der Waals surface area contributed by atoms with Gasteiger partial charge in [-0.25, -0.2) is 4.39 Å². The summed E-state index contributed by atoms with van der Waals surface area (Å²) in [6.45, 7) is 0.630. The first-order valence-corrected chi connectivity index (χ1v) is 7.27. The maximum atomic E-state index is 12.9. The predicted molar refractivity (Wildman–Crippen MR) is 75.6 cm³/mol. The third-order valence-corrected chi connectivity index (χ3v) is 3.45. The minimum atomic E-state index is -0.362. The number of alkyl halides is 1. The highest BCUT2D eigenvalue weighted by Gasteiger charge is 2.09. The van der Waals surface area contributed by atoms with Crippen molar-refractivity contribution in [2.24, 2.45) is 0 Å². The zero-order valence-electron chi connectivity index (χ0n) is 10.0. The van der Waals surface area contributed by atoms with Crippen molar-refractivity contribution in [1.82, 2.24) is 5.32 Å². The lowest BCUT2D eigenvalue weighted by molar-refractivity contribution is 0.0952. The quantitative estimate of drug-likeness (QED) is 0.589. The summed E-state index contributed by atoms with van der Waals surface area (Å²) in [6, 6.07) is 4.04. The van der Waals surface area contributed by atoms with Gasteiger partial charge < -0.3 is 5.32 Å². The van der Waals surface area contributed by atoms with Gasteiger partial charge in [-0.2, -0.15) is 0 Å². The number of rotatable bonds is 7. The van der Waals surface area contributed by atoms with Gasteiger partial charge in [0.05, 0.1) is 5.56 Å². The lowest BCUT2D eigenvalue weighted by Crippen LogP contribution is -2.24. The summed E-state index contributed by atoms with van der Waals surface area (Å²) >= 11 is 8.74. The number of amides is 1. The minimum absolute atomic E-state index is 0.181. The Hall–Kier alpha value is -0.610. The van der Waals surface area contributed by atoms with Crippen molar-refractivity contribution in [2.75, 3.05) is 12.4 Å². The summed E-state index contributed by atoms with van der Waals surface area (Å²) in [6.07, 6.45) is 4.08. The first kappa shape index (κ1) is 15.4. The molecule has 18 heavy (non-hydrogen) atoms. The molecule has 0 aliphatic heterocycles. The number of nitrogens with one attached hydrogen (secondary N) is 1. The summed E-state index contributed by atoms with van der Waals surface area (Å²) in [5.74, 6) is 0.147. The van der Waals surface area contributed by atoms with Crippen LogP contribution in [0, 0.1) is 5.82 Å². The molecule has 0 bridgehead atoms. The Morgan fingerprint density at radius 1 is 1.28 bits per heavy atom. The highest BCUT2D eigenvalue weighted by molar-refractivity contribution is 9.10. The van der Waals surface area contributed by atoms with Crippen molar-refractivity contribution < 1.29 is 9.18 Å².